The van der Waals surface area contributed by atoms with Crippen molar-refractivity contribution in [3.8, 4) is 23.0 Å². The van der Waals surface area contributed by atoms with Gasteiger partial charge in [-0.1, -0.05) is 25.3 Å². The molecule has 16 heteroatoms. The van der Waals surface area contributed by atoms with Gasteiger partial charge in [0.05, 0.1) is 56.0 Å². The Morgan fingerprint density at radius 3 is 1.90 bits per heavy atom. The van der Waals surface area contributed by atoms with Crippen molar-refractivity contribution in [2.24, 2.45) is 10.8 Å². The zero-order valence-electron chi connectivity index (χ0n) is 33.7. The van der Waals surface area contributed by atoms with Gasteiger partial charge in [0.15, 0.2) is 29.2 Å². The van der Waals surface area contributed by atoms with Crippen LogP contribution in [0.5, 0.6) is 23.0 Å². The molecule has 3 aliphatic heterocycles. The van der Waals surface area contributed by atoms with E-state index < -0.39 is 36.6 Å². The van der Waals surface area contributed by atoms with E-state index in [9.17, 15) is 29.4 Å². The minimum atomic E-state index is -1.33. The minimum Gasteiger partial charge on any atom is -0.493 e. The van der Waals surface area contributed by atoms with E-state index in [4.69, 9.17) is 28.4 Å². The van der Waals surface area contributed by atoms with Crippen LogP contribution in [0.1, 0.15) is 84.9 Å². The first-order valence-electron chi connectivity index (χ1n) is 20.3. The van der Waals surface area contributed by atoms with E-state index in [1.807, 2.05) is 0 Å². The molecule has 3 heterocycles. The summed E-state index contributed by atoms with van der Waals surface area (Å²) >= 11 is 0. The minimum absolute atomic E-state index is 0.0260. The highest BCUT2D eigenvalue weighted by Crippen LogP contribution is 2.57. The van der Waals surface area contributed by atoms with E-state index in [-0.39, 0.29) is 82.9 Å². The second kappa shape index (κ2) is 17.4. The zero-order valence-corrected chi connectivity index (χ0v) is 33.7. The summed E-state index contributed by atoms with van der Waals surface area (Å²) in [5.41, 5.74) is 0.508. The second-order valence-corrected chi connectivity index (χ2v) is 16.1. The van der Waals surface area contributed by atoms with Gasteiger partial charge < -0.3 is 48.9 Å². The van der Waals surface area contributed by atoms with Crippen LogP contribution in [0.4, 0.5) is 21.0 Å². The van der Waals surface area contributed by atoms with Gasteiger partial charge in [-0.3, -0.25) is 14.5 Å². The fourth-order valence-electron chi connectivity index (χ4n) is 8.34. The van der Waals surface area contributed by atoms with Gasteiger partial charge in [0.2, 0.25) is 0 Å². The van der Waals surface area contributed by atoms with Crippen LogP contribution in [0.3, 0.4) is 0 Å². The standard InChI is InChI=1S/C43H54N4O12/c1-5-16-58-40(52)46-29-22-34(32(54-3)20-27(29)37(49)44-25-42(12-13-42)11-10-36(46)48)56-18-8-7-9-19-57-35-23-30-28(21-33(35)55-4)38(50)45-26-43(14-15-43)24-31(45)39(51)47(30)41(53)59-17-6-2/h5-6,20-23,31,36,39,48,51H,1-2,7-19,24-26H2,3-4H3,(H,44,49)/t31-,36?,39?/m0/s1. The highest BCUT2D eigenvalue weighted by Gasteiger charge is 2.58. The van der Waals surface area contributed by atoms with Crippen LogP contribution in [-0.4, -0.2) is 111 Å². The number of benzene rings is 2. The summed E-state index contributed by atoms with van der Waals surface area (Å²) in [4.78, 5) is 58.1. The number of hydrogen-bond donors (Lipinski definition) is 3. The number of nitrogens with one attached hydrogen (secondary N) is 1. The number of hydrogen-bond acceptors (Lipinski definition) is 12. The molecule has 3 N–H and O–H groups in total. The average Bonchev–Trinajstić information content (AvgIpc) is 4.16. The molecule has 0 radical (unpaired) electrons. The lowest BCUT2D eigenvalue weighted by atomic mass is 9.97. The zero-order chi connectivity index (χ0) is 41.9. The lowest BCUT2D eigenvalue weighted by molar-refractivity contribution is 0.0496. The molecule has 0 aromatic heterocycles. The maximum atomic E-state index is 14.0. The summed E-state index contributed by atoms with van der Waals surface area (Å²) in [6.07, 6.45) is 5.79. The Kier molecular flexibility index (Phi) is 12.3. The highest BCUT2D eigenvalue weighted by atomic mass is 16.6. The molecular weight excluding hydrogens is 764 g/mol. The van der Waals surface area contributed by atoms with E-state index in [0.717, 1.165) is 35.5 Å². The molecule has 2 aromatic carbocycles. The first-order chi connectivity index (χ1) is 28.5. The van der Waals surface area contributed by atoms with E-state index in [0.29, 0.717) is 57.4 Å². The number of carbonyl (C=O) groups is 4. The van der Waals surface area contributed by atoms with Gasteiger partial charge in [0.25, 0.3) is 11.8 Å². The van der Waals surface area contributed by atoms with Crippen LogP contribution in [-0.2, 0) is 9.47 Å². The Hall–Kier alpha value is -5.48. The molecule has 2 aliphatic carbocycles. The third kappa shape index (κ3) is 8.65. The Morgan fingerprint density at radius 1 is 0.780 bits per heavy atom. The lowest BCUT2D eigenvalue weighted by Gasteiger charge is -2.32. The van der Waals surface area contributed by atoms with Gasteiger partial charge >= 0.3 is 12.2 Å². The monoisotopic (exact) mass is 818 g/mol. The largest absolute Gasteiger partial charge is 0.493 e. The van der Waals surface area contributed by atoms with Gasteiger partial charge in [-0.05, 0) is 87.2 Å². The first kappa shape index (κ1) is 41.7. The first-order valence-corrected chi connectivity index (χ1v) is 20.3. The number of nitrogens with zero attached hydrogens (tertiary/aromatic N) is 3. The predicted octanol–water partition coefficient (Wildman–Crippen LogP) is 5.54. The molecule has 0 bridgehead atoms. The maximum Gasteiger partial charge on any atom is 0.416 e. The van der Waals surface area contributed by atoms with Crippen molar-refractivity contribution in [1.29, 1.82) is 0 Å². The molecule has 1 saturated heterocycles. The smallest absolute Gasteiger partial charge is 0.416 e. The van der Waals surface area contributed by atoms with Crippen molar-refractivity contribution in [2.45, 2.75) is 82.7 Å². The van der Waals surface area contributed by atoms with Crippen molar-refractivity contribution in [2.75, 3.05) is 63.5 Å². The molecular formula is C43H54N4O12. The van der Waals surface area contributed by atoms with Crippen molar-refractivity contribution in [3.63, 3.8) is 0 Å². The summed E-state index contributed by atoms with van der Waals surface area (Å²) in [6.45, 7) is 8.54. The summed E-state index contributed by atoms with van der Waals surface area (Å²) in [5.74, 6) is 0.441. The summed E-state index contributed by atoms with van der Waals surface area (Å²) in [5, 5.41) is 25.9. The maximum absolute atomic E-state index is 14.0. The van der Waals surface area contributed by atoms with Crippen LogP contribution < -0.4 is 34.1 Å². The fraction of sp³-hybridized carbons (Fsp3) is 0.535. The van der Waals surface area contributed by atoms with Gasteiger partial charge in [-0.25, -0.2) is 14.5 Å². The summed E-state index contributed by atoms with van der Waals surface area (Å²) in [6, 6.07) is 5.52. The topological polar surface area (TPSA) is 186 Å². The Bertz CT molecular complexity index is 1940. The summed E-state index contributed by atoms with van der Waals surface area (Å²) < 4.78 is 34.2. The van der Waals surface area contributed by atoms with Crippen LogP contribution in [0, 0.1) is 10.8 Å². The molecule has 16 nitrogen and oxygen atoms in total. The number of fused-ring (bicyclic) bond motifs is 3. The number of aliphatic hydroxyl groups is 2. The van der Waals surface area contributed by atoms with E-state index in [2.05, 4.69) is 18.5 Å². The molecule has 59 heavy (non-hydrogen) atoms. The quantitative estimate of drug-likeness (QED) is 0.160. The van der Waals surface area contributed by atoms with Crippen molar-refractivity contribution >= 4 is 35.4 Å². The Balaban J connectivity index is 1.02. The molecule has 7 rings (SSSR count). The average molecular weight is 819 g/mol. The Morgan fingerprint density at radius 2 is 1.34 bits per heavy atom. The summed E-state index contributed by atoms with van der Waals surface area (Å²) in [7, 11) is 2.93. The number of aliphatic hydroxyl groups excluding tert-OH is 2. The molecule has 2 saturated carbocycles. The fourth-order valence-corrected chi connectivity index (χ4v) is 8.34. The highest BCUT2D eigenvalue weighted by molar-refractivity contribution is 6.06. The molecule has 318 valence electrons. The molecule has 2 spiro atoms. The predicted molar refractivity (Wildman–Crippen MR) is 215 cm³/mol. The normalized spacial score (nSPS) is 22.2. The molecule has 4 amide bonds. The number of rotatable bonds is 14. The van der Waals surface area contributed by atoms with E-state index in [1.165, 1.54) is 44.6 Å². The van der Waals surface area contributed by atoms with Gasteiger partial charge in [-0.2, -0.15) is 0 Å². The molecule has 3 fully saturated rings. The third-order valence-corrected chi connectivity index (χ3v) is 12.1. The van der Waals surface area contributed by atoms with Crippen LogP contribution in [0.25, 0.3) is 0 Å². The SMILES string of the molecule is C=CCOC(=O)N1c2cc(OCCCCCOc3cc4c(cc3OC)C(=O)N3CC5(CC5)C[C@H]3C(O)N4C(=O)OCC=C)c(OC)cc2C(=O)NCC2(CCC1O)CC2. The van der Waals surface area contributed by atoms with Crippen molar-refractivity contribution in [3.05, 3.63) is 60.7 Å². The number of ether oxygens (including phenoxy) is 6. The second-order valence-electron chi connectivity index (χ2n) is 16.1. The van der Waals surface area contributed by atoms with Gasteiger partial charge in [-0.15, -0.1) is 0 Å². The Labute approximate surface area is 343 Å². The number of unbranched alkanes of at least 4 members (excludes halogenated alkanes) is 2. The molecule has 2 unspecified atom stereocenters. The van der Waals surface area contributed by atoms with Gasteiger partial charge in [0, 0.05) is 25.2 Å². The van der Waals surface area contributed by atoms with Crippen LogP contribution in [0.2, 0.25) is 0 Å². The molecule has 2 aromatic rings. The van der Waals surface area contributed by atoms with Gasteiger partial charge in [0.1, 0.15) is 19.4 Å². The molecule has 5 aliphatic rings. The van der Waals surface area contributed by atoms with E-state index in [1.54, 1.807) is 11.0 Å². The number of carbonyl (C=O) groups excluding carboxylic acids is 4. The van der Waals surface area contributed by atoms with Crippen LogP contribution >= 0.6 is 0 Å². The van der Waals surface area contributed by atoms with E-state index >= 15 is 0 Å². The van der Waals surface area contributed by atoms with Crippen LogP contribution in [0.15, 0.2) is 49.6 Å². The number of methoxy groups -OCH3 is 2. The lowest BCUT2D eigenvalue weighted by Crippen LogP contribution is -2.50. The molecule has 3 atom stereocenters. The van der Waals surface area contributed by atoms with Crippen molar-refractivity contribution < 1.29 is 57.8 Å². The van der Waals surface area contributed by atoms with Crippen molar-refractivity contribution in [1.82, 2.24) is 10.2 Å². The number of anilines is 2. The third-order valence-electron chi connectivity index (χ3n) is 12.1. The number of amides is 4.